The molecule has 0 aromatic heterocycles. The van der Waals surface area contributed by atoms with E-state index in [4.69, 9.17) is 0 Å². The molecule has 0 radical (unpaired) electrons. The maximum absolute atomic E-state index is 3.49. The minimum atomic E-state index is 0.787. The first-order valence-electron chi connectivity index (χ1n) is 6.07. The van der Waals surface area contributed by atoms with E-state index in [-0.39, 0.29) is 0 Å². The second kappa shape index (κ2) is 7.58. The van der Waals surface area contributed by atoms with E-state index in [9.17, 15) is 0 Å². The molecule has 1 fully saturated rings. The predicted octanol–water partition coefficient (Wildman–Crippen LogP) is 3.16. The third-order valence-corrected chi connectivity index (χ3v) is 4.00. The number of nitrogens with one attached hydrogen (secondary N) is 1. The van der Waals surface area contributed by atoms with Crippen LogP contribution in [0, 0.1) is 11.8 Å². The molecule has 0 amide bonds. The molecule has 1 nitrogen and oxygen atoms in total. The van der Waals surface area contributed by atoms with E-state index >= 15 is 0 Å². The number of thioether (sulfide) groups is 1. The maximum Gasteiger partial charge on any atom is 0.00582 e. The summed E-state index contributed by atoms with van der Waals surface area (Å²) < 4.78 is 0. The summed E-state index contributed by atoms with van der Waals surface area (Å²) in [5.74, 6) is 4.53. The molecule has 0 unspecified atom stereocenters. The first-order chi connectivity index (χ1) is 6.79. The molecule has 1 rings (SSSR count). The van der Waals surface area contributed by atoms with Gasteiger partial charge in [0.05, 0.1) is 0 Å². The molecule has 0 aromatic rings. The Bertz CT molecular complexity index is 130. The fraction of sp³-hybridized carbons (Fsp3) is 1.00. The van der Waals surface area contributed by atoms with E-state index < -0.39 is 0 Å². The molecule has 2 heteroatoms. The SMILES string of the molecule is CC(C)CNCCSCC1CCCC1. The van der Waals surface area contributed by atoms with Crippen molar-refractivity contribution >= 4 is 11.8 Å². The van der Waals surface area contributed by atoms with Gasteiger partial charge in [-0.25, -0.2) is 0 Å². The van der Waals surface area contributed by atoms with E-state index in [0.717, 1.165) is 11.8 Å². The molecule has 1 N–H and O–H groups in total. The molecule has 0 heterocycles. The van der Waals surface area contributed by atoms with Crippen LogP contribution in [0.15, 0.2) is 0 Å². The highest BCUT2D eigenvalue weighted by Crippen LogP contribution is 2.27. The van der Waals surface area contributed by atoms with Crippen LogP contribution in [-0.2, 0) is 0 Å². The Labute approximate surface area is 93.4 Å². The zero-order valence-electron chi connectivity index (χ0n) is 9.72. The van der Waals surface area contributed by atoms with E-state index in [1.165, 1.54) is 50.3 Å². The zero-order valence-corrected chi connectivity index (χ0v) is 10.5. The third kappa shape index (κ3) is 5.92. The minimum absolute atomic E-state index is 0.787. The van der Waals surface area contributed by atoms with Crippen LogP contribution >= 0.6 is 11.8 Å². The van der Waals surface area contributed by atoms with Crippen molar-refractivity contribution in [1.82, 2.24) is 5.32 Å². The molecule has 0 atom stereocenters. The Morgan fingerprint density at radius 3 is 2.64 bits per heavy atom. The van der Waals surface area contributed by atoms with Crippen LogP contribution in [0.5, 0.6) is 0 Å². The van der Waals surface area contributed by atoms with Crippen LogP contribution in [0.3, 0.4) is 0 Å². The van der Waals surface area contributed by atoms with E-state index in [1.54, 1.807) is 0 Å². The Balaban J connectivity index is 1.79. The predicted molar refractivity (Wildman–Crippen MR) is 67.0 cm³/mol. The highest BCUT2D eigenvalue weighted by Gasteiger charge is 2.13. The summed E-state index contributed by atoms with van der Waals surface area (Å²) in [6.07, 6.45) is 5.95. The Morgan fingerprint density at radius 2 is 2.00 bits per heavy atom. The molecule has 0 aliphatic heterocycles. The lowest BCUT2D eigenvalue weighted by Gasteiger charge is -2.09. The van der Waals surface area contributed by atoms with Crippen molar-refractivity contribution in [3.8, 4) is 0 Å². The van der Waals surface area contributed by atoms with Gasteiger partial charge in [0.15, 0.2) is 0 Å². The highest BCUT2D eigenvalue weighted by molar-refractivity contribution is 7.99. The van der Waals surface area contributed by atoms with Gasteiger partial charge < -0.3 is 5.32 Å². The average Bonchev–Trinajstić information content (AvgIpc) is 2.63. The summed E-state index contributed by atoms with van der Waals surface area (Å²) in [5, 5.41) is 3.49. The van der Waals surface area contributed by atoms with E-state index in [1.807, 2.05) is 0 Å². The van der Waals surface area contributed by atoms with Gasteiger partial charge in [-0.05, 0) is 37.0 Å². The van der Waals surface area contributed by atoms with Crippen molar-refractivity contribution in [2.45, 2.75) is 39.5 Å². The highest BCUT2D eigenvalue weighted by atomic mass is 32.2. The van der Waals surface area contributed by atoms with Gasteiger partial charge in [0.2, 0.25) is 0 Å². The molecule has 14 heavy (non-hydrogen) atoms. The average molecular weight is 215 g/mol. The minimum Gasteiger partial charge on any atom is -0.316 e. The Hall–Kier alpha value is 0.310. The summed E-state index contributed by atoms with van der Waals surface area (Å²) in [5.41, 5.74) is 0. The third-order valence-electron chi connectivity index (χ3n) is 2.80. The van der Waals surface area contributed by atoms with Gasteiger partial charge in [0.25, 0.3) is 0 Å². The van der Waals surface area contributed by atoms with Crippen molar-refractivity contribution in [2.24, 2.45) is 11.8 Å². The summed E-state index contributed by atoms with van der Waals surface area (Å²) in [6, 6.07) is 0. The van der Waals surface area contributed by atoms with Gasteiger partial charge in [0.1, 0.15) is 0 Å². The Kier molecular flexibility index (Phi) is 6.70. The van der Waals surface area contributed by atoms with Crippen LogP contribution in [0.25, 0.3) is 0 Å². The largest absolute Gasteiger partial charge is 0.316 e. The first kappa shape index (κ1) is 12.4. The zero-order chi connectivity index (χ0) is 10.2. The number of hydrogen-bond donors (Lipinski definition) is 1. The van der Waals surface area contributed by atoms with E-state index in [0.29, 0.717) is 0 Å². The Morgan fingerprint density at radius 1 is 1.29 bits per heavy atom. The first-order valence-corrected chi connectivity index (χ1v) is 7.23. The summed E-state index contributed by atoms with van der Waals surface area (Å²) in [7, 11) is 0. The van der Waals surface area contributed by atoms with Crippen LogP contribution in [0.2, 0.25) is 0 Å². The standard InChI is InChI=1S/C12H25NS/c1-11(2)9-13-7-8-14-10-12-5-3-4-6-12/h11-13H,3-10H2,1-2H3. The maximum atomic E-state index is 3.49. The lowest BCUT2D eigenvalue weighted by Crippen LogP contribution is -2.22. The van der Waals surface area contributed by atoms with Gasteiger partial charge in [0, 0.05) is 12.3 Å². The number of hydrogen-bond acceptors (Lipinski definition) is 2. The summed E-state index contributed by atoms with van der Waals surface area (Å²) in [6.45, 7) is 6.89. The fourth-order valence-electron chi connectivity index (χ4n) is 1.96. The molecule has 1 saturated carbocycles. The van der Waals surface area contributed by atoms with Crippen molar-refractivity contribution < 1.29 is 0 Å². The van der Waals surface area contributed by atoms with Crippen LogP contribution in [0.4, 0.5) is 0 Å². The van der Waals surface area contributed by atoms with Gasteiger partial charge in [-0.3, -0.25) is 0 Å². The normalized spacial score (nSPS) is 18.2. The molecule has 0 spiro atoms. The van der Waals surface area contributed by atoms with Gasteiger partial charge in [-0.15, -0.1) is 0 Å². The van der Waals surface area contributed by atoms with Crippen molar-refractivity contribution in [3.05, 3.63) is 0 Å². The van der Waals surface area contributed by atoms with Crippen LogP contribution < -0.4 is 5.32 Å². The van der Waals surface area contributed by atoms with Crippen LogP contribution in [0.1, 0.15) is 39.5 Å². The smallest absolute Gasteiger partial charge is 0.00582 e. The molecule has 0 saturated heterocycles. The topological polar surface area (TPSA) is 12.0 Å². The van der Waals surface area contributed by atoms with Gasteiger partial charge >= 0.3 is 0 Å². The summed E-state index contributed by atoms with van der Waals surface area (Å²) >= 11 is 2.14. The molecular formula is C12H25NS. The van der Waals surface area contributed by atoms with Crippen molar-refractivity contribution in [1.29, 1.82) is 0 Å². The molecular weight excluding hydrogens is 190 g/mol. The lowest BCUT2D eigenvalue weighted by atomic mass is 10.1. The van der Waals surface area contributed by atoms with Crippen molar-refractivity contribution in [3.63, 3.8) is 0 Å². The molecule has 1 aliphatic carbocycles. The second-order valence-corrected chi connectivity index (χ2v) is 5.97. The second-order valence-electron chi connectivity index (χ2n) is 4.82. The fourth-order valence-corrected chi connectivity index (χ4v) is 3.08. The molecule has 0 bridgehead atoms. The summed E-state index contributed by atoms with van der Waals surface area (Å²) in [4.78, 5) is 0. The van der Waals surface area contributed by atoms with E-state index in [2.05, 4.69) is 30.9 Å². The van der Waals surface area contributed by atoms with Gasteiger partial charge in [-0.2, -0.15) is 11.8 Å². The number of rotatable bonds is 7. The van der Waals surface area contributed by atoms with Gasteiger partial charge in [-0.1, -0.05) is 26.7 Å². The quantitative estimate of drug-likeness (QED) is 0.655. The van der Waals surface area contributed by atoms with Crippen LogP contribution in [-0.4, -0.2) is 24.6 Å². The van der Waals surface area contributed by atoms with Crippen molar-refractivity contribution in [2.75, 3.05) is 24.6 Å². The molecule has 1 aliphatic rings. The molecule has 84 valence electrons. The molecule has 0 aromatic carbocycles. The lowest BCUT2D eigenvalue weighted by molar-refractivity contribution is 0.567. The monoisotopic (exact) mass is 215 g/mol.